The van der Waals surface area contributed by atoms with E-state index < -0.39 is 23.8 Å². The van der Waals surface area contributed by atoms with E-state index in [1.807, 2.05) is 79.9 Å². The molecule has 6 atom stereocenters. The molecule has 0 saturated heterocycles. The molecule has 1 amide bonds. The lowest BCUT2D eigenvalue weighted by Crippen LogP contribution is -2.70. The SMILES string of the molecule is C=CCO[C@@]12Oc3ccc(Oc4ccc(SC)cc4)cc3[C@H]3[C@H](CCCCO)[C@@H](CCCCO)C=C(C(=NOCc4ccccc4)C[C@@H]1N(CCC)C(=O)OC)[C@H]32. The third-order valence-corrected chi connectivity index (χ3v) is 12.2. The van der Waals surface area contributed by atoms with Crippen molar-refractivity contribution in [1.29, 1.82) is 0 Å². The van der Waals surface area contributed by atoms with Crippen molar-refractivity contribution < 1.29 is 38.8 Å². The Kier molecular flexibility index (Phi) is 15.2. The van der Waals surface area contributed by atoms with E-state index in [-0.39, 0.29) is 44.2 Å². The molecule has 0 unspecified atom stereocenters. The molecule has 0 aromatic heterocycles. The normalized spacial score (nSPS) is 24.1. The Labute approximate surface area is 341 Å². The second kappa shape index (κ2) is 20.4. The Morgan fingerprint density at radius 1 is 1.02 bits per heavy atom. The Morgan fingerprint density at radius 2 is 1.75 bits per heavy atom. The minimum absolute atomic E-state index is 0.0949. The maximum absolute atomic E-state index is 13.8. The Morgan fingerprint density at radius 3 is 2.44 bits per heavy atom. The number of benzene rings is 3. The van der Waals surface area contributed by atoms with Gasteiger partial charge in [0.2, 0.25) is 5.79 Å². The molecule has 6 rings (SSSR count). The summed E-state index contributed by atoms with van der Waals surface area (Å²) in [6.07, 6.45) is 11.4. The number of aliphatic hydroxyl groups excluding tert-OH is 2. The zero-order valence-electron chi connectivity index (χ0n) is 33.5. The van der Waals surface area contributed by atoms with Crippen molar-refractivity contribution in [1.82, 2.24) is 4.90 Å². The zero-order valence-corrected chi connectivity index (χ0v) is 34.3. The number of thioether (sulfide) groups is 1. The van der Waals surface area contributed by atoms with Crippen LogP contribution in [0, 0.1) is 17.8 Å². The van der Waals surface area contributed by atoms with Crippen LogP contribution in [0.4, 0.5) is 4.79 Å². The molecule has 0 bridgehead atoms. The van der Waals surface area contributed by atoms with Gasteiger partial charge in [-0.15, -0.1) is 18.3 Å². The quantitative estimate of drug-likeness (QED) is 0.0499. The molecule has 306 valence electrons. The van der Waals surface area contributed by atoms with Gasteiger partial charge < -0.3 is 34.0 Å². The fourth-order valence-electron chi connectivity index (χ4n) is 8.98. The molecule has 1 saturated carbocycles. The number of allylic oxidation sites excluding steroid dienone is 1. The van der Waals surface area contributed by atoms with Gasteiger partial charge >= 0.3 is 6.09 Å². The number of rotatable bonds is 20. The summed E-state index contributed by atoms with van der Waals surface area (Å²) in [6, 6.07) is 23.3. The largest absolute Gasteiger partial charge is 0.459 e. The minimum Gasteiger partial charge on any atom is -0.459 e. The lowest BCUT2D eigenvalue weighted by molar-refractivity contribution is -0.255. The van der Waals surface area contributed by atoms with Gasteiger partial charge in [-0.05, 0) is 104 Å². The highest BCUT2D eigenvalue weighted by molar-refractivity contribution is 7.98. The van der Waals surface area contributed by atoms with Crippen LogP contribution in [-0.4, -0.2) is 78.5 Å². The summed E-state index contributed by atoms with van der Waals surface area (Å²) in [4.78, 5) is 22.9. The number of amides is 1. The summed E-state index contributed by atoms with van der Waals surface area (Å²) in [7, 11) is 1.40. The Bertz CT molecular complexity index is 1840. The number of carbonyl (C=O) groups excluding carboxylic acids is 1. The highest BCUT2D eigenvalue weighted by Crippen LogP contribution is 2.62. The number of aliphatic hydroxyl groups is 2. The lowest BCUT2D eigenvalue weighted by atomic mass is 9.55. The van der Waals surface area contributed by atoms with E-state index in [9.17, 15) is 15.0 Å². The number of ether oxygens (including phenoxy) is 4. The number of hydrogen-bond donors (Lipinski definition) is 2. The first-order valence-electron chi connectivity index (χ1n) is 20.3. The summed E-state index contributed by atoms with van der Waals surface area (Å²) in [5, 5.41) is 24.7. The molecule has 2 aliphatic carbocycles. The third-order valence-electron chi connectivity index (χ3n) is 11.4. The standard InChI is InChI=1S/C46H58N2O8S/c1-5-24-48(45(51)52-3)42-30-40(47-54-31-32-14-8-7-9-15-32)38-28-33(16-10-12-25-49)37(17-11-13-26-50)43-39-29-35(55-34-18-21-36(57-4)22-19-34)20-23-41(39)56-46(42,44(38)43)53-27-6-2/h6-9,14-15,18-23,28-29,33,37,42-44,49-50H,2,5,10-13,16-17,24-27,30-31H2,1,3-4H3/t33-,37+,42-,43+,44+,46+/m0/s1. The first kappa shape index (κ1) is 42.3. The van der Waals surface area contributed by atoms with Crippen molar-refractivity contribution in [3.05, 3.63) is 108 Å². The Balaban J connectivity index is 1.56. The van der Waals surface area contributed by atoms with Crippen molar-refractivity contribution in [3.8, 4) is 17.2 Å². The van der Waals surface area contributed by atoms with Crippen LogP contribution in [0.25, 0.3) is 0 Å². The predicted octanol–water partition coefficient (Wildman–Crippen LogP) is 9.51. The summed E-state index contributed by atoms with van der Waals surface area (Å²) < 4.78 is 26.2. The molecule has 57 heavy (non-hydrogen) atoms. The van der Waals surface area contributed by atoms with Crippen LogP contribution >= 0.6 is 11.8 Å². The second-order valence-electron chi connectivity index (χ2n) is 15.0. The topological polar surface area (TPSA) is 119 Å². The molecule has 0 radical (unpaired) electrons. The van der Waals surface area contributed by atoms with Gasteiger partial charge in [0.1, 0.15) is 29.9 Å². The summed E-state index contributed by atoms with van der Waals surface area (Å²) in [5.74, 6) is 0.359. The Hall–Kier alpha value is -4.29. The average molecular weight is 799 g/mol. The summed E-state index contributed by atoms with van der Waals surface area (Å²) >= 11 is 1.68. The van der Waals surface area contributed by atoms with Crippen molar-refractivity contribution in [2.75, 3.05) is 39.7 Å². The molecule has 10 nitrogen and oxygen atoms in total. The van der Waals surface area contributed by atoms with E-state index in [1.165, 1.54) is 7.11 Å². The highest BCUT2D eigenvalue weighted by Gasteiger charge is 2.65. The van der Waals surface area contributed by atoms with Crippen molar-refractivity contribution in [3.63, 3.8) is 0 Å². The van der Waals surface area contributed by atoms with Crippen molar-refractivity contribution in [2.24, 2.45) is 22.9 Å². The van der Waals surface area contributed by atoms with Crippen LogP contribution in [0.3, 0.4) is 0 Å². The number of fused-ring (bicyclic) bond motifs is 2. The van der Waals surface area contributed by atoms with Crippen molar-refractivity contribution >= 4 is 23.6 Å². The lowest BCUT2D eigenvalue weighted by Gasteiger charge is -2.59. The van der Waals surface area contributed by atoms with E-state index in [0.29, 0.717) is 43.7 Å². The van der Waals surface area contributed by atoms with E-state index in [0.717, 1.165) is 58.7 Å². The maximum Gasteiger partial charge on any atom is 0.409 e. The number of unbranched alkanes of at least 4 members (excludes halogenated alkanes) is 2. The van der Waals surface area contributed by atoms with Crippen molar-refractivity contribution in [2.45, 2.75) is 87.5 Å². The number of methoxy groups -OCH3 is 1. The van der Waals surface area contributed by atoms with Crippen LogP contribution < -0.4 is 9.47 Å². The third kappa shape index (κ3) is 9.54. The van der Waals surface area contributed by atoms with Crippen LogP contribution in [0.15, 0.2) is 107 Å². The number of oxime groups is 1. The molecular formula is C46H58N2O8S. The molecule has 3 aliphatic rings. The molecule has 2 N–H and O–H groups in total. The molecule has 11 heteroatoms. The number of hydrogen-bond acceptors (Lipinski definition) is 10. The summed E-state index contributed by atoms with van der Waals surface area (Å²) in [5.41, 5.74) is 3.70. The van der Waals surface area contributed by atoms with E-state index in [4.69, 9.17) is 28.9 Å². The van der Waals surface area contributed by atoms with Crippen LogP contribution in [0.5, 0.6) is 17.2 Å². The molecular weight excluding hydrogens is 741 g/mol. The number of nitrogens with zero attached hydrogens (tertiary/aromatic N) is 2. The summed E-state index contributed by atoms with van der Waals surface area (Å²) in [6.45, 7) is 7.16. The van der Waals surface area contributed by atoms with E-state index in [2.05, 4.69) is 18.7 Å². The van der Waals surface area contributed by atoms with Gasteiger partial charge in [0.25, 0.3) is 0 Å². The average Bonchev–Trinajstić information content (AvgIpc) is 3.24. The van der Waals surface area contributed by atoms with E-state index in [1.54, 1.807) is 22.7 Å². The highest BCUT2D eigenvalue weighted by atomic mass is 32.2. The van der Waals surface area contributed by atoms with Gasteiger partial charge in [0.05, 0.1) is 25.3 Å². The van der Waals surface area contributed by atoms with Crippen LogP contribution in [0.1, 0.15) is 75.3 Å². The zero-order chi connectivity index (χ0) is 40.2. The molecule has 1 fully saturated rings. The minimum atomic E-state index is -1.35. The van der Waals surface area contributed by atoms with Gasteiger partial charge in [-0.1, -0.05) is 67.4 Å². The fourth-order valence-corrected chi connectivity index (χ4v) is 9.39. The predicted molar refractivity (Wildman–Crippen MR) is 224 cm³/mol. The molecule has 3 aromatic rings. The monoisotopic (exact) mass is 798 g/mol. The van der Waals surface area contributed by atoms with E-state index >= 15 is 0 Å². The molecule has 3 aromatic carbocycles. The fraction of sp³-hybridized carbons (Fsp3) is 0.478. The number of carbonyl (C=O) groups is 1. The van der Waals surface area contributed by atoms with Crippen LogP contribution in [0.2, 0.25) is 0 Å². The molecule has 1 aliphatic heterocycles. The first-order valence-corrected chi connectivity index (χ1v) is 21.5. The van der Waals surface area contributed by atoms with Crippen LogP contribution in [-0.2, 0) is 20.9 Å². The van der Waals surface area contributed by atoms with Gasteiger partial charge in [-0.2, -0.15) is 0 Å². The smallest absolute Gasteiger partial charge is 0.409 e. The molecule has 0 spiro atoms. The maximum atomic E-state index is 13.8. The van der Waals surface area contributed by atoms with Gasteiger partial charge in [0.15, 0.2) is 0 Å². The van der Waals surface area contributed by atoms with Gasteiger partial charge in [-0.3, -0.25) is 4.90 Å². The van der Waals surface area contributed by atoms with Gasteiger partial charge in [-0.25, -0.2) is 4.79 Å². The first-order chi connectivity index (χ1) is 27.9. The van der Waals surface area contributed by atoms with Gasteiger partial charge in [0, 0.05) is 42.6 Å². The second-order valence-corrected chi connectivity index (χ2v) is 15.9. The molecule has 1 heterocycles.